The molecule has 2 heterocycles. The van der Waals surface area contributed by atoms with Crippen molar-refractivity contribution in [1.82, 2.24) is 9.88 Å². The first kappa shape index (κ1) is 20.4. The highest BCUT2D eigenvalue weighted by Gasteiger charge is 2.22. The van der Waals surface area contributed by atoms with E-state index in [0.29, 0.717) is 48.4 Å². The van der Waals surface area contributed by atoms with Gasteiger partial charge in [-0.05, 0) is 44.0 Å². The number of aromatic nitrogens is 1. The van der Waals surface area contributed by atoms with Crippen LogP contribution in [-0.2, 0) is 0 Å². The number of nitrogens with zero attached hydrogens (tertiary/aromatic N) is 1. The molecule has 1 aromatic heterocycles. The zero-order chi connectivity index (χ0) is 21.1. The van der Waals surface area contributed by atoms with Gasteiger partial charge in [-0.1, -0.05) is 29.8 Å². The second kappa shape index (κ2) is 8.84. The Balaban J connectivity index is 1.55. The molecule has 5 nitrogen and oxygen atoms in total. The minimum Gasteiger partial charge on any atom is -0.494 e. The van der Waals surface area contributed by atoms with Crippen LogP contribution in [0.5, 0.6) is 11.5 Å². The van der Waals surface area contributed by atoms with Gasteiger partial charge in [-0.15, -0.1) is 0 Å². The Bertz CT molecular complexity index is 1080. The van der Waals surface area contributed by atoms with E-state index < -0.39 is 0 Å². The number of aromatic amines is 1. The molecule has 0 spiro atoms. The maximum atomic E-state index is 13.1. The molecule has 30 heavy (non-hydrogen) atoms. The van der Waals surface area contributed by atoms with E-state index >= 15 is 0 Å². The van der Waals surface area contributed by atoms with Crippen LogP contribution in [0.1, 0.15) is 36.2 Å². The van der Waals surface area contributed by atoms with Crippen LogP contribution in [-0.4, -0.2) is 42.1 Å². The van der Waals surface area contributed by atoms with Crippen molar-refractivity contribution >= 4 is 34.0 Å². The fraction of sp³-hybridized carbons (Fsp3) is 0.292. The van der Waals surface area contributed by atoms with Crippen LogP contribution in [0.3, 0.4) is 0 Å². The third kappa shape index (κ3) is 4.03. The lowest BCUT2D eigenvalue weighted by Gasteiger charge is -2.27. The van der Waals surface area contributed by atoms with E-state index in [2.05, 4.69) is 17.1 Å². The van der Waals surface area contributed by atoms with Gasteiger partial charge < -0.3 is 19.4 Å². The Morgan fingerprint density at radius 1 is 1.13 bits per heavy atom. The number of halogens is 1. The van der Waals surface area contributed by atoms with E-state index in [9.17, 15) is 4.79 Å². The van der Waals surface area contributed by atoms with Crippen LogP contribution >= 0.6 is 11.6 Å². The van der Waals surface area contributed by atoms with Gasteiger partial charge >= 0.3 is 0 Å². The third-order valence-corrected chi connectivity index (χ3v) is 5.57. The lowest BCUT2D eigenvalue weighted by molar-refractivity contribution is 0.0772. The first-order valence-corrected chi connectivity index (χ1v) is 10.6. The summed E-state index contributed by atoms with van der Waals surface area (Å²) in [5.41, 5.74) is 3.91. The SMILES string of the molecule is CCOc1cc(OCC)cc(C(=O)N2CC=C(c3c[nH]c4c(Cl)cccc34)CC2)c1. The molecular weight excluding hydrogens is 400 g/mol. The first-order valence-electron chi connectivity index (χ1n) is 10.3. The summed E-state index contributed by atoms with van der Waals surface area (Å²) in [7, 11) is 0. The van der Waals surface area contributed by atoms with Crippen molar-refractivity contribution in [2.24, 2.45) is 0 Å². The Kier molecular flexibility index (Phi) is 6.00. The smallest absolute Gasteiger partial charge is 0.254 e. The molecule has 4 rings (SSSR count). The molecule has 156 valence electrons. The van der Waals surface area contributed by atoms with Crippen molar-refractivity contribution in [1.29, 1.82) is 0 Å². The summed E-state index contributed by atoms with van der Waals surface area (Å²) in [4.78, 5) is 18.2. The van der Waals surface area contributed by atoms with E-state index in [1.165, 1.54) is 5.57 Å². The molecule has 0 bridgehead atoms. The van der Waals surface area contributed by atoms with Gasteiger partial charge in [-0.25, -0.2) is 0 Å². The zero-order valence-electron chi connectivity index (χ0n) is 17.2. The molecule has 1 aliphatic rings. The second-order valence-electron chi connectivity index (χ2n) is 7.15. The van der Waals surface area contributed by atoms with E-state index in [1.54, 1.807) is 12.1 Å². The van der Waals surface area contributed by atoms with Crippen molar-refractivity contribution in [2.75, 3.05) is 26.3 Å². The van der Waals surface area contributed by atoms with Gasteiger partial charge in [0.15, 0.2) is 0 Å². The predicted octanol–water partition coefficient (Wildman–Crippen LogP) is 5.55. The molecule has 3 aromatic rings. The lowest BCUT2D eigenvalue weighted by Crippen LogP contribution is -2.34. The summed E-state index contributed by atoms with van der Waals surface area (Å²) >= 11 is 6.29. The number of H-pyrrole nitrogens is 1. The van der Waals surface area contributed by atoms with Crippen molar-refractivity contribution in [3.05, 3.63) is 64.8 Å². The van der Waals surface area contributed by atoms with Crippen molar-refractivity contribution in [2.45, 2.75) is 20.3 Å². The van der Waals surface area contributed by atoms with Gasteiger partial charge in [0, 0.05) is 41.9 Å². The number of carbonyl (C=O) groups is 1. The molecule has 0 unspecified atom stereocenters. The number of amides is 1. The largest absolute Gasteiger partial charge is 0.494 e. The van der Waals surface area contributed by atoms with Gasteiger partial charge in [0.1, 0.15) is 11.5 Å². The maximum absolute atomic E-state index is 13.1. The summed E-state index contributed by atoms with van der Waals surface area (Å²) in [6, 6.07) is 11.3. The molecule has 0 atom stereocenters. The highest BCUT2D eigenvalue weighted by molar-refractivity contribution is 6.35. The summed E-state index contributed by atoms with van der Waals surface area (Å²) in [5, 5.41) is 1.82. The lowest BCUT2D eigenvalue weighted by atomic mass is 9.98. The number of fused-ring (bicyclic) bond motifs is 1. The van der Waals surface area contributed by atoms with Crippen LogP contribution in [0.4, 0.5) is 0 Å². The number of para-hydroxylation sites is 1. The minimum atomic E-state index is -0.0187. The maximum Gasteiger partial charge on any atom is 0.254 e. The molecule has 0 fully saturated rings. The fourth-order valence-corrected chi connectivity index (χ4v) is 4.09. The number of nitrogens with one attached hydrogen (secondary N) is 1. The van der Waals surface area contributed by atoms with Crippen molar-refractivity contribution < 1.29 is 14.3 Å². The van der Waals surface area contributed by atoms with E-state index in [4.69, 9.17) is 21.1 Å². The molecule has 6 heteroatoms. The normalized spacial score (nSPS) is 14.0. The fourth-order valence-electron chi connectivity index (χ4n) is 3.86. The molecule has 2 aromatic carbocycles. The van der Waals surface area contributed by atoms with Crippen LogP contribution in [0, 0.1) is 0 Å². The number of hydrogen-bond donors (Lipinski definition) is 1. The van der Waals surface area contributed by atoms with Crippen LogP contribution in [0.25, 0.3) is 16.5 Å². The van der Waals surface area contributed by atoms with Crippen molar-refractivity contribution in [3.8, 4) is 11.5 Å². The van der Waals surface area contributed by atoms with Gasteiger partial charge in [-0.2, -0.15) is 0 Å². The molecule has 0 radical (unpaired) electrons. The molecule has 1 amide bonds. The molecule has 1 N–H and O–H groups in total. The standard InChI is InChI=1S/C24H25ClN2O3/c1-3-29-18-12-17(13-19(14-18)30-4-2)24(28)27-10-8-16(9-11-27)21-15-26-23-20(21)6-5-7-22(23)25/h5-8,12-15,26H,3-4,9-11H2,1-2H3. The van der Waals surface area contributed by atoms with Crippen molar-refractivity contribution in [3.63, 3.8) is 0 Å². The number of carbonyl (C=O) groups excluding carboxylic acids is 1. The Morgan fingerprint density at radius 2 is 1.87 bits per heavy atom. The number of ether oxygens (including phenoxy) is 2. The molecule has 0 saturated heterocycles. The van der Waals surface area contributed by atoms with E-state index in [1.807, 2.05) is 43.1 Å². The monoisotopic (exact) mass is 424 g/mol. The van der Waals surface area contributed by atoms with Gasteiger partial charge in [0.25, 0.3) is 5.91 Å². The Labute approximate surface area is 181 Å². The van der Waals surface area contributed by atoms with Crippen LogP contribution < -0.4 is 9.47 Å². The third-order valence-electron chi connectivity index (χ3n) is 5.26. The highest BCUT2D eigenvalue weighted by atomic mass is 35.5. The Hall–Kier alpha value is -2.92. The van der Waals surface area contributed by atoms with Gasteiger partial charge in [0.2, 0.25) is 0 Å². The average molecular weight is 425 g/mol. The average Bonchev–Trinajstić information content (AvgIpc) is 3.19. The zero-order valence-corrected chi connectivity index (χ0v) is 18.0. The highest BCUT2D eigenvalue weighted by Crippen LogP contribution is 2.33. The van der Waals surface area contributed by atoms with Gasteiger partial charge in [0.05, 0.1) is 23.8 Å². The summed E-state index contributed by atoms with van der Waals surface area (Å²) in [6.07, 6.45) is 4.91. The summed E-state index contributed by atoms with van der Waals surface area (Å²) < 4.78 is 11.2. The Morgan fingerprint density at radius 3 is 2.50 bits per heavy atom. The van der Waals surface area contributed by atoms with Crippen LogP contribution in [0.2, 0.25) is 5.02 Å². The summed E-state index contributed by atoms with van der Waals surface area (Å²) in [5.74, 6) is 1.28. The molecule has 0 saturated carbocycles. The summed E-state index contributed by atoms with van der Waals surface area (Å²) in [6.45, 7) is 6.12. The number of hydrogen-bond acceptors (Lipinski definition) is 3. The van der Waals surface area contributed by atoms with Gasteiger partial charge in [-0.3, -0.25) is 4.79 Å². The second-order valence-corrected chi connectivity index (χ2v) is 7.56. The predicted molar refractivity (Wildman–Crippen MR) is 121 cm³/mol. The molecule has 1 aliphatic heterocycles. The number of benzene rings is 2. The topological polar surface area (TPSA) is 54.6 Å². The molecular formula is C24H25ClN2O3. The minimum absolute atomic E-state index is 0.0187. The molecule has 0 aliphatic carbocycles. The number of rotatable bonds is 6. The van der Waals surface area contributed by atoms with E-state index in [-0.39, 0.29) is 5.91 Å². The van der Waals surface area contributed by atoms with Crippen LogP contribution in [0.15, 0.2) is 48.7 Å². The first-order chi connectivity index (χ1) is 14.6. The van der Waals surface area contributed by atoms with E-state index in [0.717, 1.165) is 22.9 Å². The quantitative estimate of drug-likeness (QED) is 0.564.